The first-order chi connectivity index (χ1) is 9.75. The number of halogens is 1. The highest BCUT2D eigenvalue weighted by molar-refractivity contribution is 7.89. The van der Waals surface area contributed by atoms with E-state index in [1.165, 1.54) is 0 Å². The van der Waals surface area contributed by atoms with Crippen molar-refractivity contribution in [2.75, 3.05) is 13.2 Å². The molecule has 2 rings (SSSR count). The molecule has 9 heteroatoms. The highest BCUT2D eigenvalue weighted by Crippen LogP contribution is 2.29. The van der Waals surface area contributed by atoms with Gasteiger partial charge in [-0.1, -0.05) is 6.07 Å². The van der Waals surface area contributed by atoms with Gasteiger partial charge in [0, 0.05) is 6.61 Å². The third-order valence-electron chi connectivity index (χ3n) is 3.24. The Balaban J connectivity index is 2.40. The molecule has 0 radical (unpaired) electrons. The van der Waals surface area contributed by atoms with Gasteiger partial charge in [0.05, 0.1) is 17.1 Å². The minimum Gasteiger partial charge on any atom is -0.380 e. The molecule has 1 saturated heterocycles. The van der Waals surface area contributed by atoms with Crippen molar-refractivity contribution in [1.29, 1.82) is 0 Å². The van der Waals surface area contributed by atoms with Crippen molar-refractivity contribution in [2.45, 2.75) is 30.2 Å². The van der Waals surface area contributed by atoms with Gasteiger partial charge in [-0.2, -0.15) is 4.39 Å². The van der Waals surface area contributed by atoms with Gasteiger partial charge in [0.1, 0.15) is 0 Å². The van der Waals surface area contributed by atoms with Crippen LogP contribution in [-0.4, -0.2) is 32.1 Å². The van der Waals surface area contributed by atoms with Crippen LogP contribution in [0.1, 0.15) is 19.8 Å². The molecule has 1 N–H and O–H groups in total. The van der Waals surface area contributed by atoms with Crippen molar-refractivity contribution in [2.24, 2.45) is 0 Å². The summed E-state index contributed by atoms with van der Waals surface area (Å²) < 4.78 is 45.9. The van der Waals surface area contributed by atoms with E-state index in [0.717, 1.165) is 18.2 Å². The molecule has 1 aliphatic rings. The molecule has 0 aromatic heterocycles. The molecule has 1 aromatic carbocycles. The molecule has 7 nitrogen and oxygen atoms in total. The number of hydrogen-bond donors (Lipinski definition) is 1. The van der Waals surface area contributed by atoms with Gasteiger partial charge in [-0.15, -0.1) is 0 Å². The van der Waals surface area contributed by atoms with Crippen LogP contribution in [0.5, 0.6) is 0 Å². The number of sulfonamides is 1. The van der Waals surface area contributed by atoms with Crippen molar-refractivity contribution in [3.05, 3.63) is 34.1 Å². The number of para-hydroxylation sites is 1. The first-order valence-corrected chi connectivity index (χ1v) is 7.78. The largest absolute Gasteiger partial charge is 0.380 e. The summed E-state index contributed by atoms with van der Waals surface area (Å²) in [6, 6.07) is 2.98. The third kappa shape index (κ3) is 3.36. The fourth-order valence-electron chi connectivity index (χ4n) is 2.28. The number of hydrogen-bond acceptors (Lipinski definition) is 5. The van der Waals surface area contributed by atoms with Crippen LogP contribution < -0.4 is 4.72 Å². The van der Waals surface area contributed by atoms with Crippen LogP contribution in [0.3, 0.4) is 0 Å². The maximum atomic E-state index is 13.5. The van der Waals surface area contributed by atoms with Crippen LogP contribution in [0, 0.1) is 15.9 Å². The average molecular weight is 318 g/mol. The smallest absolute Gasteiger partial charge is 0.324 e. The van der Waals surface area contributed by atoms with Gasteiger partial charge in [0.25, 0.3) is 0 Å². The van der Waals surface area contributed by atoms with Gasteiger partial charge >= 0.3 is 5.69 Å². The van der Waals surface area contributed by atoms with E-state index in [2.05, 4.69) is 4.72 Å². The van der Waals surface area contributed by atoms with Crippen LogP contribution in [0.4, 0.5) is 10.1 Å². The molecule has 1 atom stereocenters. The van der Waals surface area contributed by atoms with E-state index in [1.807, 2.05) is 0 Å². The molecular weight excluding hydrogens is 303 g/mol. The van der Waals surface area contributed by atoms with Crippen LogP contribution in [-0.2, 0) is 14.8 Å². The van der Waals surface area contributed by atoms with Gasteiger partial charge in [-0.3, -0.25) is 10.1 Å². The molecule has 1 fully saturated rings. The third-order valence-corrected chi connectivity index (χ3v) is 4.91. The Bertz CT molecular complexity index is 656. The second-order valence-corrected chi connectivity index (χ2v) is 6.82. The van der Waals surface area contributed by atoms with Gasteiger partial charge in [-0.05, 0) is 31.9 Å². The molecule has 1 aliphatic heterocycles. The minimum atomic E-state index is -4.23. The van der Waals surface area contributed by atoms with E-state index in [1.54, 1.807) is 6.92 Å². The lowest BCUT2D eigenvalue weighted by molar-refractivity contribution is -0.390. The van der Waals surface area contributed by atoms with Crippen LogP contribution in [0.2, 0.25) is 0 Å². The number of nitrogens with one attached hydrogen (secondary N) is 1. The highest BCUT2D eigenvalue weighted by atomic mass is 32.2. The Labute approximate surface area is 121 Å². The maximum absolute atomic E-state index is 13.5. The molecular formula is C12H15FN2O5S. The van der Waals surface area contributed by atoms with Crippen molar-refractivity contribution in [3.63, 3.8) is 0 Å². The molecule has 0 saturated carbocycles. The van der Waals surface area contributed by atoms with Crippen molar-refractivity contribution in [3.8, 4) is 0 Å². The molecule has 0 bridgehead atoms. The van der Waals surface area contributed by atoms with E-state index in [4.69, 9.17) is 4.74 Å². The monoisotopic (exact) mass is 318 g/mol. The minimum absolute atomic E-state index is 0.162. The normalized spacial score (nSPS) is 23.0. The molecule has 0 amide bonds. The predicted octanol–water partition coefficient (Wildman–Crippen LogP) is 1.58. The lowest BCUT2D eigenvalue weighted by atomic mass is 9.97. The molecule has 1 heterocycles. The number of nitro benzene ring substituents is 1. The Morgan fingerprint density at radius 2 is 2.19 bits per heavy atom. The highest BCUT2D eigenvalue weighted by Gasteiger charge is 2.36. The van der Waals surface area contributed by atoms with Crippen LogP contribution in [0.25, 0.3) is 0 Å². The molecule has 21 heavy (non-hydrogen) atoms. The van der Waals surface area contributed by atoms with Crippen LogP contribution >= 0.6 is 0 Å². The standard InChI is InChI=1S/C12H15FN2O5S/c1-12(6-3-7-20-8-12)14-21(18,19)10-5-2-4-9(13)11(10)15(16)17/h2,4-5,14H,3,6-8H2,1H3. The topological polar surface area (TPSA) is 98.5 Å². The second-order valence-electron chi connectivity index (χ2n) is 5.17. The predicted molar refractivity (Wildman–Crippen MR) is 71.8 cm³/mol. The summed E-state index contributed by atoms with van der Waals surface area (Å²) >= 11 is 0. The number of nitrogens with zero attached hydrogens (tertiary/aromatic N) is 1. The second kappa shape index (κ2) is 5.66. The first kappa shape index (κ1) is 15.8. The molecule has 0 aliphatic carbocycles. The number of benzene rings is 1. The SMILES string of the molecule is CC1(NS(=O)(=O)c2cccc(F)c2[N+](=O)[O-])CCCOC1. The summed E-state index contributed by atoms with van der Waals surface area (Å²) in [5.41, 5.74) is -1.91. The number of rotatable bonds is 4. The zero-order valence-corrected chi connectivity index (χ0v) is 12.2. The summed E-state index contributed by atoms with van der Waals surface area (Å²) in [6.07, 6.45) is 1.21. The lowest BCUT2D eigenvalue weighted by Gasteiger charge is -2.33. The summed E-state index contributed by atoms with van der Waals surface area (Å²) in [6.45, 7) is 2.35. The summed E-state index contributed by atoms with van der Waals surface area (Å²) in [5.74, 6) is -1.19. The average Bonchev–Trinajstić information content (AvgIpc) is 2.37. The fraction of sp³-hybridized carbons (Fsp3) is 0.500. The number of ether oxygens (including phenoxy) is 1. The van der Waals surface area contributed by atoms with E-state index >= 15 is 0 Å². The fourth-order valence-corrected chi connectivity index (χ4v) is 3.89. The molecule has 116 valence electrons. The van der Waals surface area contributed by atoms with Crippen molar-refractivity contribution >= 4 is 15.7 Å². The van der Waals surface area contributed by atoms with Gasteiger partial charge in [-0.25, -0.2) is 13.1 Å². The Morgan fingerprint density at radius 3 is 2.76 bits per heavy atom. The van der Waals surface area contributed by atoms with E-state index in [0.29, 0.717) is 19.4 Å². The van der Waals surface area contributed by atoms with Gasteiger partial charge < -0.3 is 4.74 Å². The van der Waals surface area contributed by atoms with Gasteiger partial charge in [0.15, 0.2) is 4.90 Å². The van der Waals surface area contributed by atoms with Crippen molar-refractivity contribution in [1.82, 2.24) is 4.72 Å². The molecule has 1 aromatic rings. The maximum Gasteiger partial charge on any atom is 0.324 e. The Morgan fingerprint density at radius 1 is 1.48 bits per heavy atom. The zero-order valence-electron chi connectivity index (χ0n) is 11.3. The lowest BCUT2D eigenvalue weighted by Crippen LogP contribution is -2.51. The van der Waals surface area contributed by atoms with E-state index in [-0.39, 0.29) is 6.61 Å². The quantitative estimate of drug-likeness (QED) is 0.671. The number of nitro groups is 1. The van der Waals surface area contributed by atoms with Gasteiger partial charge in [0.2, 0.25) is 15.8 Å². The van der Waals surface area contributed by atoms with E-state index < -0.39 is 36.9 Å². The summed E-state index contributed by atoms with van der Waals surface area (Å²) in [5, 5.41) is 10.9. The summed E-state index contributed by atoms with van der Waals surface area (Å²) in [4.78, 5) is 9.19. The molecule has 1 unspecified atom stereocenters. The van der Waals surface area contributed by atoms with Crippen molar-refractivity contribution < 1.29 is 22.5 Å². The Hall–Kier alpha value is -1.58. The molecule has 0 spiro atoms. The van der Waals surface area contributed by atoms with E-state index in [9.17, 15) is 22.9 Å². The summed E-state index contributed by atoms with van der Waals surface area (Å²) in [7, 11) is -4.23. The Kier molecular flexibility index (Phi) is 4.26. The van der Waals surface area contributed by atoms with Crippen LogP contribution in [0.15, 0.2) is 23.1 Å². The zero-order chi connectivity index (χ0) is 15.7. The first-order valence-electron chi connectivity index (χ1n) is 6.30.